The van der Waals surface area contributed by atoms with Gasteiger partial charge in [0.25, 0.3) is 5.91 Å². The molecule has 27 heavy (non-hydrogen) atoms. The Labute approximate surface area is 158 Å². The van der Waals surface area contributed by atoms with Gasteiger partial charge in [0, 0.05) is 11.1 Å². The lowest BCUT2D eigenvalue weighted by Crippen LogP contribution is -2.19. The molecule has 1 amide bonds. The van der Waals surface area contributed by atoms with E-state index in [1.807, 2.05) is 72.8 Å². The number of hydrogen-bond donors (Lipinski definition) is 1. The van der Waals surface area contributed by atoms with Gasteiger partial charge in [-0.25, -0.2) is 5.43 Å². The molecule has 0 heterocycles. The molecular formula is C23H20N2O2. The van der Waals surface area contributed by atoms with Crippen LogP contribution >= 0.6 is 0 Å². The third-order valence-corrected chi connectivity index (χ3v) is 3.93. The zero-order valence-electron chi connectivity index (χ0n) is 15.0. The number of hydrogen-bond acceptors (Lipinski definition) is 3. The number of benzene rings is 3. The first kappa shape index (κ1) is 18.1. The summed E-state index contributed by atoms with van der Waals surface area (Å²) in [6, 6.07) is 26.5. The zero-order chi connectivity index (χ0) is 18.9. The Balaban J connectivity index is 1.81. The third kappa shape index (κ3) is 5.16. The van der Waals surface area contributed by atoms with Gasteiger partial charge in [-0.05, 0) is 35.9 Å². The number of nitrogens with one attached hydrogen (secondary N) is 1. The Hall–Kier alpha value is -3.66. The molecule has 0 bridgehead atoms. The normalized spacial score (nSPS) is 11.4. The van der Waals surface area contributed by atoms with E-state index in [4.69, 9.17) is 4.74 Å². The van der Waals surface area contributed by atoms with E-state index in [9.17, 15) is 4.79 Å². The summed E-state index contributed by atoms with van der Waals surface area (Å²) in [7, 11) is 1.59. The number of allylic oxidation sites excluding steroid dienone is 1. The van der Waals surface area contributed by atoms with Gasteiger partial charge in [-0.2, -0.15) is 5.10 Å². The highest BCUT2D eigenvalue weighted by molar-refractivity contribution is 6.11. The average molecular weight is 356 g/mol. The average Bonchev–Trinajstić information content (AvgIpc) is 2.75. The molecule has 0 aliphatic carbocycles. The van der Waals surface area contributed by atoms with Crippen molar-refractivity contribution < 1.29 is 9.53 Å². The highest BCUT2D eigenvalue weighted by Crippen LogP contribution is 2.11. The van der Waals surface area contributed by atoms with Crippen molar-refractivity contribution in [2.45, 2.75) is 0 Å². The van der Waals surface area contributed by atoms with Crippen LogP contribution in [0.2, 0.25) is 0 Å². The third-order valence-electron chi connectivity index (χ3n) is 3.93. The van der Waals surface area contributed by atoms with Gasteiger partial charge in [-0.3, -0.25) is 4.79 Å². The lowest BCUT2D eigenvalue weighted by molar-refractivity contribution is 0.0955. The highest BCUT2D eigenvalue weighted by Gasteiger charge is 2.06. The molecule has 0 aromatic heterocycles. The molecule has 1 N–H and O–H groups in total. The maximum atomic E-state index is 12.4. The van der Waals surface area contributed by atoms with Gasteiger partial charge in [0.2, 0.25) is 0 Å². The molecule has 0 atom stereocenters. The summed E-state index contributed by atoms with van der Waals surface area (Å²) in [5.74, 6) is 0.421. The van der Waals surface area contributed by atoms with Crippen LogP contribution in [0.4, 0.5) is 0 Å². The molecule has 4 nitrogen and oxygen atoms in total. The van der Waals surface area contributed by atoms with Gasteiger partial charge in [-0.15, -0.1) is 0 Å². The SMILES string of the molecule is COc1ccc(C(=O)N/N=C(\C=C\c2ccccc2)c2ccccc2)cc1. The Kier molecular flexibility index (Phi) is 6.15. The Morgan fingerprint density at radius 3 is 2.11 bits per heavy atom. The fourth-order valence-corrected chi connectivity index (χ4v) is 2.46. The van der Waals surface area contributed by atoms with E-state index in [2.05, 4.69) is 10.5 Å². The van der Waals surface area contributed by atoms with Crippen LogP contribution in [-0.4, -0.2) is 18.7 Å². The molecule has 0 aliphatic heterocycles. The molecule has 0 radical (unpaired) electrons. The van der Waals surface area contributed by atoms with Crippen molar-refractivity contribution in [2.75, 3.05) is 7.11 Å². The van der Waals surface area contributed by atoms with Crippen LogP contribution in [-0.2, 0) is 0 Å². The largest absolute Gasteiger partial charge is 0.497 e. The minimum Gasteiger partial charge on any atom is -0.497 e. The van der Waals surface area contributed by atoms with Gasteiger partial charge >= 0.3 is 0 Å². The molecule has 0 unspecified atom stereocenters. The van der Waals surface area contributed by atoms with E-state index in [1.165, 1.54) is 0 Å². The summed E-state index contributed by atoms with van der Waals surface area (Å²) >= 11 is 0. The Morgan fingerprint density at radius 2 is 1.48 bits per heavy atom. The summed E-state index contributed by atoms with van der Waals surface area (Å²) < 4.78 is 5.11. The predicted molar refractivity (Wildman–Crippen MR) is 109 cm³/mol. The number of rotatable bonds is 6. The standard InChI is InChI=1S/C23H20N2O2/c1-27-21-15-13-20(14-16-21)23(26)25-24-22(19-10-6-3-7-11-19)17-12-18-8-4-2-5-9-18/h2-17H,1H3,(H,25,26)/b17-12+,24-22+. The lowest BCUT2D eigenvalue weighted by Gasteiger charge is -2.05. The van der Waals surface area contributed by atoms with Gasteiger partial charge in [0.05, 0.1) is 12.8 Å². The predicted octanol–water partition coefficient (Wildman–Crippen LogP) is 4.54. The van der Waals surface area contributed by atoms with Crippen LogP contribution in [0.15, 0.2) is 96.1 Å². The van der Waals surface area contributed by atoms with Crippen LogP contribution in [0.5, 0.6) is 5.75 Å². The fourth-order valence-electron chi connectivity index (χ4n) is 2.46. The Bertz CT molecular complexity index is 931. The van der Waals surface area contributed by atoms with E-state index in [0.717, 1.165) is 11.1 Å². The van der Waals surface area contributed by atoms with E-state index in [0.29, 0.717) is 17.0 Å². The smallest absolute Gasteiger partial charge is 0.271 e. The summed E-state index contributed by atoms with van der Waals surface area (Å²) in [6.45, 7) is 0. The number of carbonyl (C=O) groups is 1. The number of nitrogens with zero attached hydrogens (tertiary/aromatic N) is 1. The van der Waals surface area contributed by atoms with Crippen molar-refractivity contribution in [3.63, 3.8) is 0 Å². The van der Waals surface area contributed by atoms with Crippen LogP contribution in [0.1, 0.15) is 21.5 Å². The van der Waals surface area contributed by atoms with Crippen molar-refractivity contribution in [3.05, 3.63) is 108 Å². The zero-order valence-corrected chi connectivity index (χ0v) is 15.0. The molecule has 0 fully saturated rings. The van der Waals surface area contributed by atoms with Gasteiger partial charge in [0.15, 0.2) is 0 Å². The summed E-state index contributed by atoms with van der Waals surface area (Å²) in [5, 5.41) is 4.33. The second-order valence-electron chi connectivity index (χ2n) is 5.78. The van der Waals surface area contributed by atoms with Crippen LogP contribution < -0.4 is 10.2 Å². The number of carbonyl (C=O) groups excluding carboxylic acids is 1. The molecule has 4 heteroatoms. The molecule has 3 aromatic rings. The number of ether oxygens (including phenoxy) is 1. The number of hydrazone groups is 1. The van der Waals surface area contributed by atoms with E-state index >= 15 is 0 Å². The van der Waals surface area contributed by atoms with Gasteiger partial charge < -0.3 is 4.74 Å². The second-order valence-corrected chi connectivity index (χ2v) is 5.78. The molecule has 0 aliphatic rings. The van der Waals surface area contributed by atoms with Gasteiger partial charge in [-0.1, -0.05) is 66.7 Å². The van der Waals surface area contributed by atoms with Crippen molar-refractivity contribution in [1.29, 1.82) is 0 Å². The molecule has 0 saturated carbocycles. The summed E-state index contributed by atoms with van der Waals surface area (Å²) in [6.07, 6.45) is 3.85. The van der Waals surface area contributed by atoms with E-state index in [-0.39, 0.29) is 5.91 Å². The molecule has 0 spiro atoms. The maximum absolute atomic E-state index is 12.4. The molecule has 3 aromatic carbocycles. The first-order chi connectivity index (χ1) is 13.3. The van der Waals surface area contributed by atoms with E-state index in [1.54, 1.807) is 31.4 Å². The van der Waals surface area contributed by atoms with Gasteiger partial charge in [0.1, 0.15) is 5.75 Å². The minimum absolute atomic E-state index is 0.279. The summed E-state index contributed by atoms with van der Waals surface area (Å²) in [5.41, 5.74) is 5.78. The molecular weight excluding hydrogens is 336 g/mol. The van der Waals surface area contributed by atoms with Crippen molar-refractivity contribution in [3.8, 4) is 5.75 Å². The first-order valence-corrected chi connectivity index (χ1v) is 8.57. The maximum Gasteiger partial charge on any atom is 0.271 e. The van der Waals surface area contributed by atoms with Crippen LogP contribution in [0.25, 0.3) is 6.08 Å². The number of methoxy groups -OCH3 is 1. The molecule has 3 rings (SSSR count). The van der Waals surface area contributed by atoms with Crippen molar-refractivity contribution in [1.82, 2.24) is 5.43 Å². The quantitative estimate of drug-likeness (QED) is 0.521. The fraction of sp³-hybridized carbons (Fsp3) is 0.0435. The molecule has 134 valence electrons. The summed E-state index contributed by atoms with van der Waals surface area (Å²) in [4.78, 5) is 12.4. The highest BCUT2D eigenvalue weighted by atomic mass is 16.5. The minimum atomic E-state index is -0.279. The van der Waals surface area contributed by atoms with Crippen LogP contribution in [0, 0.1) is 0 Å². The topological polar surface area (TPSA) is 50.7 Å². The molecule has 0 saturated heterocycles. The Morgan fingerprint density at radius 1 is 0.852 bits per heavy atom. The van der Waals surface area contributed by atoms with E-state index < -0.39 is 0 Å². The number of amides is 1. The lowest BCUT2D eigenvalue weighted by atomic mass is 10.1. The first-order valence-electron chi connectivity index (χ1n) is 8.57. The van der Waals surface area contributed by atoms with Crippen molar-refractivity contribution >= 4 is 17.7 Å². The van der Waals surface area contributed by atoms with Crippen molar-refractivity contribution in [2.24, 2.45) is 5.10 Å². The monoisotopic (exact) mass is 356 g/mol. The van der Waals surface area contributed by atoms with Crippen LogP contribution in [0.3, 0.4) is 0 Å². The second kappa shape index (κ2) is 9.15.